The van der Waals surface area contributed by atoms with E-state index in [0.29, 0.717) is 18.1 Å². The summed E-state index contributed by atoms with van der Waals surface area (Å²) < 4.78 is 0. The first-order valence-corrected chi connectivity index (χ1v) is 7.50. The lowest BCUT2D eigenvalue weighted by Crippen LogP contribution is -2.53. The van der Waals surface area contributed by atoms with E-state index in [1.54, 1.807) is 30.0 Å². The predicted molar refractivity (Wildman–Crippen MR) is 82.8 cm³/mol. The molecule has 2 N–H and O–H groups in total. The first-order chi connectivity index (χ1) is 10.0. The molecule has 0 radical (unpaired) electrons. The fraction of sp³-hybridized carbons (Fsp3) is 0.429. The second kappa shape index (κ2) is 7.11. The molecule has 1 aromatic rings. The molecular formula is C14H17Cl2N3O2. The van der Waals surface area contributed by atoms with E-state index in [-0.39, 0.29) is 16.5 Å². The van der Waals surface area contributed by atoms with E-state index in [2.05, 4.69) is 10.6 Å². The van der Waals surface area contributed by atoms with Gasteiger partial charge in [-0.1, -0.05) is 29.3 Å². The van der Waals surface area contributed by atoms with Crippen LogP contribution in [0.15, 0.2) is 18.2 Å². The van der Waals surface area contributed by atoms with E-state index < -0.39 is 11.9 Å². The molecule has 1 fully saturated rings. The first-order valence-electron chi connectivity index (χ1n) is 6.75. The van der Waals surface area contributed by atoms with Crippen molar-refractivity contribution < 1.29 is 9.59 Å². The second-order valence-corrected chi connectivity index (χ2v) is 5.66. The highest BCUT2D eigenvalue weighted by molar-refractivity contribution is 6.43. The lowest BCUT2D eigenvalue weighted by Gasteiger charge is -2.30. The Bertz CT molecular complexity index is 545. The van der Waals surface area contributed by atoms with Gasteiger partial charge in [-0.25, -0.2) is 0 Å². The van der Waals surface area contributed by atoms with Crippen LogP contribution in [0.3, 0.4) is 0 Å². The van der Waals surface area contributed by atoms with Crippen LogP contribution in [0.4, 0.5) is 0 Å². The van der Waals surface area contributed by atoms with Crippen molar-refractivity contribution in [1.29, 1.82) is 0 Å². The van der Waals surface area contributed by atoms with Crippen LogP contribution in [-0.2, 0) is 4.79 Å². The summed E-state index contributed by atoms with van der Waals surface area (Å²) in [5.74, 6) is -0.499. The van der Waals surface area contributed by atoms with Gasteiger partial charge >= 0.3 is 0 Å². The number of halogens is 2. The maximum atomic E-state index is 12.2. The topological polar surface area (TPSA) is 61.4 Å². The quantitative estimate of drug-likeness (QED) is 0.884. The first kappa shape index (κ1) is 16.1. The van der Waals surface area contributed by atoms with Crippen LogP contribution in [0.2, 0.25) is 10.0 Å². The smallest absolute Gasteiger partial charge is 0.253 e. The average Bonchev–Trinajstić information content (AvgIpc) is 2.50. The molecule has 7 heteroatoms. The summed E-state index contributed by atoms with van der Waals surface area (Å²) in [6.07, 6.45) is 0. The van der Waals surface area contributed by atoms with Gasteiger partial charge in [0, 0.05) is 26.2 Å². The van der Waals surface area contributed by atoms with Crippen LogP contribution in [0.5, 0.6) is 0 Å². The van der Waals surface area contributed by atoms with E-state index in [1.165, 1.54) is 0 Å². The molecular weight excluding hydrogens is 313 g/mol. The highest BCUT2D eigenvalue weighted by Gasteiger charge is 2.24. The molecule has 114 valence electrons. The van der Waals surface area contributed by atoms with Gasteiger partial charge < -0.3 is 15.5 Å². The van der Waals surface area contributed by atoms with Crippen molar-refractivity contribution in [3.63, 3.8) is 0 Å². The highest BCUT2D eigenvalue weighted by Crippen LogP contribution is 2.25. The van der Waals surface area contributed by atoms with Crippen LogP contribution in [0.1, 0.15) is 17.3 Å². The van der Waals surface area contributed by atoms with E-state index >= 15 is 0 Å². The van der Waals surface area contributed by atoms with Crippen LogP contribution < -0.4 is 10.6 Å². The third-order valence-electron chi connectivity index (χ3n) is 3.34. The SMILES string of the molecule is CC(NC(=O)c1cccc(Cl)c1Cl)C(=O)N1CCNCC1. The van der Waals surface area contributed by atoms with Crippen LogP contribution in [-0.4, -0.2) is 48.9 Å². The van der Waals surface area contributed by atoms with Gasteiger partial charge in [-0.05, 0) is 19.1 Å². The molecule has 1 saturated heterocycles. The summed E-state index contributed by atoms with van der Waals surface area (Å²) >= 11 is 11.9. The van der Waals surface area contributed by atoms with Gasteiger partial charge in [-0.15, -0.1) is 0 Å². The number of rotatable bonds is 3. The molecule has 1 aliphatic heterocycles. The zero-order chi connectivity index (χ0) is 15.4. The molecule has 2 amide bonds. The van der Waals surface area contributed by atoms with Crippen molar-refractivity contribution in [3.05, 3.63) is 33.8 Å². The predicted octanol–water partition coefficient (Wildman–Crippen LogP) is 1.54. The Balaban J connectivity index is 2.01. The summed E-state index contributed by atoms with van der Waals surface area (Å²) in [5.41, 5.74) is 0.268. The number of piperazine rings is 1. The molecule has 0 bridgehead atoms. The minimum atomic E-state index is -0.606. The molecule has 1 aliphatic rings. The van der Waals surface area contributed by atoms with Gasteiger partial charge in [-0.2, -0.15) is 0 Å². The van der Waals surface area contributed by atoms with Gasteiger partial charge in [0.1, 0.15) is 6.04 Å². The summed E-state index contributed by atoms with van der Waals surface area (Å²) in [6, 6.07) is 4.22. The molecule has 1 aromatic carbocycles. The van der Waals surface area contributed by atoms with Crippen molar-refractivity contribution in [1.82, 2.24) is 15.5 Å². The van der Waals surface area contributed by atoms with Gasteiger partial charge in [0.25, 0.3) is 5.91 Å². The molecule has 0 aromatic heterocycles. The molecule has 1 heterocycles. The van der Waals surface area contributed by atoms with Crippen LogP contribution in [0.25, 0.3) is 0 Å². The Labute approximate surface area is 133 Å². The van der Waals surface area contributed by atoms with Crippen molar-refractivity contribution in [3.8, 4) is 0 Å². The van der Waals surface area contributed by atoms with Gasteiger partial charge in [0.15, 0.2) is 0 Å². The minimum Gasteiger partial charge on any atom is -0.340 e. The van der Waals surface area contributed by atoms with E-state index in [9.17, 15) is 9.59 Å². The monoisotopic (exact) mass is 329 g/mol. The van der Waals surface area contributed by atoms with Crippen LogP contribution in [0, 0.1) is 0 Å². The standard InChI is InChI=1S/C14H17Cl2N3O2/c1-9(14(21)19-7-5-17-6-8-19)18-13(20)10-3-2-4-11(15)12(10)16/h2-4,9,17H,5-8H2,1H3,(H,18,20). The number of hydrogen-bond donors (Lipinski definition) is 2. The summed E-state index contributed by atoms with van der Waals surface area (Å²) in [4.78, 5) is 26.2. The molecule has 0 aliphatic carbocycles. The van der Waals surface area contributed by atoms with E-state index in [0.717, 1.165) is 13.1 Å². The Morgan fingerprint density at radius 3 is 2.62 bits per heavy atom. The zero-order valence-corrected chi connectivity index (χ0v) is 13.2. The number of benzene rings is 1. The lowest BCUT2D eigenvalue weighted by atomic mass is 10.2. The third-order valence-corrected chi connectivity index (χ3v) is 4.16. The van der Waals surface area contributed by atoms with Crippen molar-refractivity contribution in [2.75, 3.05) is 26.2 Å². The van der Waals surface area contributed by atoms with E-state index in [1.807, 2.05) is 0 Å². The third kappa shape index (κ3) is 3.87. The average molecular weight is 330 g/mol. The van der Waals surface area contributed by atoms with Crippen molar-refractivity contribution in [2.45, 2.75) is 13.0 Å². The number of nitrogens with zero attached hydrogens (tertiary/aromatic N) is 1. The Morgan fingerprint density at radius 1 is 1.29 bits per heavy atom. The lowest BCUT2D eigenvalue weighted by molar-refractivity contribution is -0.133. The number of nitrogens with one attached hydrogen (secondary N) is 2. The summed E-state index contributed by atoms with van der Waals surface area (Å²) in [7, 11) is 0. The molecule has 1 unspecified atom stereocenters. The van der Waals surface area contributed by atoms with E-state index in [4.69, 9.17) is 23.2 Å². The normalized spacial score (nSPS) is 16.4. The molecule has 0 spiro atoms. The van der Waals surface area contributed by atoms with Gasteiger partial charge in [0.05, 0.1) is 15.6 Å². The number of hydrogen-bond acceptors (Lipinski definition) is 3. The van der Waals surface area contributed by atoms with Gasteiger partial charge in [0.2, 0.25) is 5.91 Å². The minimum absolute atomic E-state index is 0.0944. The Hall–Kier alpha value is -1.30. The fourth-order valence-electron chi connectivity index (χ4n) is 2.17. The highest BCUT2D eigenvalue weighted by atomic mass is 35.5. The second-order valence-electron chi connectivity index (χ2n) is 4.87. The van der Waals surface area contributed by atoms with Gasteiger partial charge in [-0.3, -0.25) is 9.59 Å². The Morgan fingerprint density at radius 2 is 1.95 bits per heavy atom. The summed E-state index contributed by atoms with van der Waals surface area (Å²) in [6.45, 7) is 4.51. The number of carbonyl (C=O) groups is 2. The summed E-state index contributed by atoms with van der Waals surface area (Å²) in [5, 5.41) is 6.35. The zero-order valence-electron chi connectivity index (χ0n) is 11.7. The fourth-order valence-corrected chi connectivity index (χ4v) is 2.56. The maximum Gasteiger partial charge on any atom is 0.253 e. The molecule has 1 atom stereocenters. The molecule has 0 saturated carbocycles. The maximum absolute atomic E-state index is 12.2. The van der Waals surface area contributed by atoms with Crippen LogP contribution >= 0.6 is 23.2 Å². The van der Waals surface area contributed by atoms with Crippen molar-refractivity contribution in [2.24, 2.45) is 0 Å². The van der Waals surface area contributed by atoms with Crippen molar-refractivity contribution >= 4 is 35.0 Å². The molecule has 2 rings (SSSR count). The number of amides is 2. The molecule has 21 heavy (non-hydrogen) atoms. The largest absolute Gasteiger partial charge is 0.340 e. The number of carbonyl (C=O) groups excluding carboxylic acids is 2. The Kier molecular flexibility index (Phi) is 5.45. The molecule has 5 nitrogen and oxygen atoms in total.